The molecule has 2 aromatic carbocycles. The molecule has 1 saturated heterocycles. The second-order valence-electron chi connectivity index (χ2n) is 8.99. The van der Waals surface area contributed by atoms with Crippen LogP contribution in [0.5, 0.6) is 0 Å². The largest absolute Gasteiger partial charge is 0.376 e. The topological polar surface area (TPSA) is 18.5 Å². The van der Waals surface area contributed by atoms with Gasteiger partial charge in [-0.1, -0.05) is 48.6 Å². The fourth-order valence-corrected chi connectivity index (χ4v) is 6.12. The number of benzene rings is 2. The van der Waals surface area contributed by atoms with Crippen molar-refractivity contribution in [1.82, 2.24) is 10.2 Å². The maximum Gasteiger partial charge on any atom is 0.106 e. The van der Waals surface area contributed by atoms with Crippen LogP contribution in [-0.2, 0) is 0 Å². The Morgan fingerprint density at radius 1 is 1.07 bits per heavy atom. The van der Waals surface area contributed by atoms with Crippen molar-refractivity contribution in [3.05, 3.63) is 48.0 Å². The molecule has 2 fully saturated rings. The molecule has 30 heavy (non-hydrogen) atoms. The van der Waals surface area contributed by atoms with E-state index < -0.39 is 0 Å². The molecular formula is C25H31N3S2. The Labute approximate surface area is 190 Å². The molecule has 5 heteroatoms. The lowest BCUT2D eigenvalue weighted by atomic mass is 9.85. The Hall–Kier alpha value is -1.56. The SMILES string of the molecule is CC(CN1CCCC1)N1c2ccccc2Sc2ccc(C(=S)NCC3CCC3)cc21. The van der Waals surface area contributed by atoms with Gasteiger partial charge >= 0.3 is 0 Å². The normalized spacial score (nSPS) is 19.7. The molecule has 0 radical (unpaired) electrons. The first-order valence-corrected chi connectivity index (χ1v) is 12.6. The molecule has 3 aliphatic rings. The number of hydrogen-bond donors (Lipinski definition) is 1. The van der Waals surface area contributed by atoms with Crippen LogP contribution in [0.3, 0.4) is 0 Å². The van der Waals surface area contributed by atoms with E-state index in [0.29, 0.717) is 6.04 Å². The van der Waals surface area contributed by atoms with Crippen LogP contribution in [0.1, 0.15) is 44.6 Å². The van der Waals surface area contributed by atoms with E-state index in [2.05, 4.69) is 64.5 Å². The van der Waals surface area contributed by atoms with Crippen LogP contribution in [0.2, 0.25) is 0 Å². The summed E-state index contributed by atoms with van der Waals surface area (Å²) in [7, 11) is 0. The van der Waals surface area contributed by atoms with E-state index >= 15 is 0 Å². The van der Waals surface area contributed by atoms with Gasteiger partial charge in [0.25, 0.3) is 0 Å². The molecule has 1 atom stereocenters. The summed E-state index contributed by atoms with van der Waals surface area (Å²) in [6, 6.07) is 16.0. The van der Waals surface area contributed by atoms with Crippen LogP contribution in [-0.4, -0.2) is 42.1 Å². The maximum atomic E-state index is 5.77. The minimum atomic E-state index is 0.413. The van der Waals surface area contributed by atoms with Gasteiger partial charge in [0.1, 0.15) is 4.99 Å². The molecule has 1 N–H and O–H groups in total. The first-order chi connectivity index (χ1) is 14.7. The molecule has 1 saturated carbocycles. The van der Waals surface area contributed by atoms with Crippen LogP contribution < -0.4 is 10.2 Å². The quantitative estimate of drug-likeness (QED) is 0.571. The van der Waals surface area contributed by atoms with Gasteiger partial charge in [-0.2, -0.15) is 0 Å². The van der Waals surface area contributed by atoms with E-state index in [4.69, 9.17) is 12.2 Å². The lowest BCUT2D eigenvalue weighted by Crippen LogP contribution is -2.40. The van der Waals surface area contributed by atoms with Crippen molar-refractivity contribution in [2.75, 3.05) is 31.1 Å². The Bertz CT molecular complexity index is 918. The second kappa shape index (κ2) is 8.89. The Balaban J connectivity index is 1.43. The van der Waals surface area contributed by atoms with Gasteiger partial charge in [-0.25, -0.2) is 0 Å². The Morgan fingerprint density at radius 3 is 2.60 bits per heavy atom. The van der Waals surface area contributed by atoms with Crippen LogP contribution >= 0.6 is 24.0 Å². The Morgan fingerprint density at radius 2 is 1.83 bits per heavy atom. The third-order valence-electron chi connectivity index (χ3n) is 6.76. The molecule has 2 aliphatic heterocycles. The van der Waals surface area contributed by atoms with Gasteiger partial charge in [0, 0.05) is 34.5 Å². The molecule has 0 spiro atoms. The monoisotopic (exact) mass is 437 g/mol. The van der Waals surface area contributed by atoms with Gasteiger partial charge in [-0.15, -0.1) is 0 Å². The highest BCUT2D eigenvalue weighted by Gasteiger charge is 2.29. The number of thiocarbonyl (C=S) groups is 1. The minimum Gasteiger partial charge on any atom is -0.376 e. The van der Waals surface area contributed by atoms with Crippen LogP contribution in [0, 0.1) is 5.92 Å². The summed E-state index contributed by atoms with van der Waals surface area (Å²) >= 11 is 7.65. The summed E-state index contributed by atoms with van der Waals surface area (Å²) in [5.41, 5.74) is 3.77. The molecular weight excluding hydrogens is 406 g/mol. The molecule has 1 unspecified atom stereocenters. The van der Waals surface area contributed by atoms with Gasteiger partial charge in [-0.3, -0.25) is 0 Å². The molecule has 1 aliphatic carbocycles. The van der Waals surface area contributed by atoms with E-state index in [9.17, 15) is 0 Å². The van der Waals surface area contributed by atoms with Crippen LogP contribution in [0.25, 0.3) is 0 Å². The van der Waals surface area contributed by atoms with Gasteiger partial charge in [-0.05, 0) is 75.9 Å². The average molecular weight is 438 g/mol. The second-order valence-corrected chi connectivity index (χ2v) is 10.5. The number of anilines is 2. The maximum absolute atomic E-state index is 5.77. The molecule has 0 amide bonds. The number of rotatable bonds is 6. The predicted molar refractivity (Wildman–Crippen MR) is 131 cm³/mol. The lowest BCUT2D eigenvalue weighted by molar-refractivity contribution is 0.316. The highest BCUT2D eigenvalue weighted by Crippen LogP contribution is 2.49. The zero-order valence-corrected chi connectivity index (χ0v) is 19.4. The van der Waals surface area contributed by atoms with Gasteiger partial charge in [0.15, 0.2) is 0 Å². The zero-order valence-electron chi connectivity index (χ0n) is 17.8. The molecule has 5 rings (SSSR count). The first kappa shape index (κ1) is 20.3. The van der Waals surface area contributed by atoms with E-state index in [1.54, 1.807) is 0 Å². The molecule has 0 aromatic heterocycles. The first-order valence-electron chi connectivity index (χ1n) is 11.4. The zero-order chi connectivity index (χ0) is 20.5. The molecule has 158 valence electrons. The highest BCUT2D eigenvalue weighted by molar-refractivity contribution is 7.99. The summed E-state index contributed by atoms with van der Waals surface area (Å²) in [4.78, 5) is 8.73. The van der Waals surface area contributed by atoms with Crippen molar-refractivity contribution in [1.29, 1.82) is 0 Å². The van der Waals surface area contributed by atoms with E-state index in [-0.39, 0.29) is 0 Å². The van der Waals surface area contributed by atoms with Crippen molar-refractivity contribution in [3.63, 3.8) is 0 Å². The van der Waals surface area contributed by atoms with Gasteiger partial charge in [0.2, 0.25) is 0 Å². The number of para-hydroxylation sites is 1. The van der Waals surface area contributed by atoms with Crippen LogP contribution in [0.4, 0.5) is 11.4 Å². The number of fused-ring (bicyclic) bond motifs is 2. The van der Waals surface area contributed by atoms with Crippen LogP contribution in [0.15, 0.2) is 52.3 Å². The molecule has 3 nitrogen and oxygen atoms in total. The standard InChI is InChI=1S/C25H31N3S2/c1-18(17-27-13-4-5-14-27)28-21-9-2-3-10-23(21)30-24-12-11-20(15-22(24)28)25(29)26-16-19-7-6-8-19/h2-3,9-12,15,18-19H,4-8,13-14,16-17H2,1H3,(H,26,29). The summed E-state index contributed by atoms with van der Waals surface area (Å²) < 4.78 is 0. The number of likely N-dealkylation sites (tertiary alicyclic amines) is 1. The Kier molecular flexibility index (Phi) is 6.03. The fourth-order valence-electron chi connectivity index (χ4n) is 4.86. The van der Waals surface area contributed by atoms with Crippen molar-refractivity contribution in [2.45, 2.75) is 54.9 Å². The lowest BCUT2D eigenvalue weighted by Gasteiger charge is -2.39. The molecule has 2 aromatic rings. The smallest absolute Gasteiger partial charge is 0.106 e. The number of nitrogens with one attached hydrogen (secondary N) is 1. The number of hydrogen-bond acceptors (Lipinski definition) is 4. The molecule has 0 bridgehead atoms. The predicted octanol–water partition coefficient (Wildman–Crippen LogP) is 5.84. The van der Waals surface area contributed by atoms with Crippen molar-refractivity contribution in [2.24, 2.45) is 5.92 Å². The average Bonchev–Trinajstić information content (AvgIpc) is 3.23. The number of nitrogens with zero attached hydrogens (tertiary/aromatic N) is 2. The summed E-state index contributed by atoms with van der Waals surface area (Å²) in [6.07, 6.45) is 6.73. The fraction of sp³-hybridized carbons (Fsp3) is 0.480. The van der Waals surface area contributed by atoms with Crippen molar-refractivity contribution < 1.29 is 0 Å². The van der Waals surface area contributed by atoms with Gasteiger partial charge < -0.3 is 15.1 Å². The third kappa shape index (κ3) is 4.12. The third-order valence-corrected chi connectivity index (χ3v) is 8.27. The van der Waals surface area contributed by atoms with E-state index in [0.717, 1.165) is 29.6 Å². The summed E-state index contributed by atoms with van der Waals surface area (Å²) in [5, 5.41) is 3.53. The highest BCUT2D eigenvalue weighted by atomic mass is 32.2. The summed E-state index contributed by atoms with van der Waals surface area (Å²) in [6.45, 7) is 6.96. The van der Waals surface area contributed by atoms with E-state index in [1.165, 1.54) is 66.4 Å². The molecule has 2 heterocycles. The van der Waals surface area contributed by atoms with Gasteiger partial charge in [0.05, 0.1) is 11.4 Å². The van der Waals surface area contributed by atoms with Crippen molar-refractivity contribution >= 4 is 40.3 Å². The summed E-state index contributed by atoms with van der Waals surface area (Å²) in [5.74, 6) is 0.806. The van der Waals surface area contributed by atoms with Crippen molar-refractivity contribution in [3.8, 4) is 0 Å². The minimum absolute atomic E-state index is 0.413. The van der Waals surface area contributed by atoms with E-state index in [1.807, 2.05) is 11.8 Å².